The van der Waals surface area contributed by atoms with E-state index in [0.29, 0.717) is 22.0 Å². The Hall–Kier alpha value is -2.01. The maximum absolute atomic E-state index is 12.3. The molecule has 1 aromatic carbocycles. The summed E-state index contributed by atoms with van der Waals surface area (Å²) < 4.78 is 5.13. The van der Waals surface area contributed by atoms with Gasteiger partial charge < -0.3 is 15.8 Å². The fraction of sp³-hybridized carbons (Fsp3) is 0.267. The molecule has 0 aliphatic rings. The van der Waals surface area contributed by atoms with Crippen LogP contribution in [0.3, 0.4) is 0 Å². The number of hydrogen-bond acceptors (Lipinski definition) is 4. The van der Waals surface area contributed by atoms with E-state index >= 15 is 0 Å². The molecule has 106 valence electrons. The second kappa shape index (κ2) is 5.96. The van der Waals surface area contributed by atoms with Gasteiger partial charge in [-0.1, -0.05) is 6.92 Å². The second-order valence-corrected chi connectivity index (χ2v) is 5.61. The van der Waals surface area contributed by atoms with Crippen LogP contribution in [-0.4, -0.2) is 13.0 Å². The molecule has 1 amide bonds. The van der Waals surface area contributed by atoms with Crippen LogP contribution in [0.5, 0.6) is 5.75 Å². The normalized spacial score (nSPS) is 10.3. The number of nitrogens with two attached hydrogens (primary N) is 1. The number of carbonyl (C=O) groups excluding carboxylic acids is 1. The van der Waals surface area contributed by atoms with Gasteiger partial charge in [0.1, 0.15) is 5.75 Å². The van der Waals surface area contributed by atoms with Crippen LogP contribution in [-0.2, 0) is 6.42 Å². The highest BCUT2D eigenvalue weighted by Crippen LogP contribution is 2.27. The molecule has 0 aliphatic carbocycles. The number of amides is 1. The monoisotopic (exact) mass is 290 g/mol. The van der Waals surface area contributed by atoms with Crippen molar-refractivity contribution < 1.29 is 9.53 Å². The fourth-order valence-electron chi connectivity index (χ4n) is 1.94. The second-order valence-electron chi connectivity index (χ2n) is 4.48. The molecule has 0 unspecified atom stereocenters. The first-order valence-corrected chi connectivity index (χ1v) is 7.21. The van der Waals surface area contributed by atoms with Crippen LogP contribution < -0.4 is 15.8 Å². The number of methoxy groups -OCH3 is 1. The van der Waals surface area contributed by atoms with Crippen molar-refractivity contribution in [1.29, 1.82) is 0 Å². The summed E-state index contributed by atoms with van der Waals surface area (Å²) in [5.74, 6) is 0.517. The lowest BCUT2D eigenvalue weighted by Gasteiger charge is -2.09. The van der Waals surface area contributed by atoms with Crippen LogP contribution in [0, 0.1) is 6.92 Å². The number of hydrogen-bond donors (Lipinski definition) is 2. The number of nitrogens with one attached hydrogen (secondary N) is 1. The Morgan fingerprint density at radius 1 is 1.40 bits per heavy atom. The lowest BCUT2D eigenvalue weighted by atomic mass is 10.2. The van der Waals surface area contributed by atoms with Gasteiger partial charge in [-0.05, 0) is 37.1 Å². The van der Waals surface area contributed by atoms with Crippen molar-refractivity contribution in [3.05, 3.63) is 39.6 Å². The molecule has 4 nitrogen and oxygen atoms in total. The summed E-state index contributed by atoms with van der Waals surface area (Å²) in [6.45, 7) is 4.10. The number of nitrogen functional groups attached to an aromatic ring is 1. The van der Waals surface area contributed by atoms with E-state index in [0.717, 1.165) is 12.0 Å². The Morgan fingerprint density at radius 2 is 2.15 bits per heavy atom. The van der Waals surface area contributed by atoms with Crippen molar-refractivity contribution in [3.8, 4) is 5.75 Å². The summed E-state index contributed by atoms with van der Waals surface area (Å²) in [7, 11) is 1.58. The van der Waals surface area contributed by atoms with Gasteiger partial charge in [0.05, 0.1) is 23.4 Å². The minimum Gasteiger partial charge on any atom is -0.497 e. The molecule has 1 heterocycles. The van der Waals surface area contributed by atoms with Gasteiger partial charge in [0.15, 0.2) is 0 Å². The van der Waals surface area contributed by atoms with Crippen molar-refractivity contribution in [1.82, 2.24) is 0 Å². The maximum atomic E-state index is 12.3. The zero-order chi connectivity index (χ0) is 14.7. The SMILES string of the molecule is CCc1sc(C(=O)Nc2cc(OC)ccc2N)cc1C. The fourth-order valence-corrected chi connectivity index (χ4v) is 2.95. The lowest BCUT2D eigenvalue weighted by molar-refractivity contribution is 0.103. The molecule has 20 heavy (non-hydrogen) atoms. The van der Waals surface area contributed by atoms with E-state index in [-0.39, 0.29) is 5.91 Å². The Balaban J connectivity index is 2.22. The van der Waals surface area contributed by atoms with Crippen molar-refractivity contribution in [2.75, 3.05) is 18.2 Å². The van der Waals surface area contributed by atoms with Crippen molar-refractivity contribution in [3.63, 3.8) is 0 Å². The number of rotatable bonds is 4. The summed E-state index contributed by atoms with van der Waals surface area (Å²) in [4.78, 5) is 14.2. The van der Waals surface area contributed by atoms with Gasteiger partial charge in [-0.15, -0.1) is 11.3 Å². The zero-order valence-electron chi connectivity index (χ0n) is 11.8. The van der Waals surface area contributed by atoms with E-state index in [4.69, 9.17) is 10.5 Å². The van der Waals surface area contributed by atoms with Crippen LogP contribution in [0.2, 0.25) is 0 Å². The molecular weight excluding hydrogens is 272 g/mol. The predicted octanol–water partition coefficient (Wildman–Crippen LogP) is 3.46. The number of thiophene rings is 1. The van der Waals surface area contributed by atoms with Gasteiger partial charge in [0, 0.05) is 10.9 Å². The minimum atomic E-state index is -0.141. The Bertz CT molecular complexity index is 635. The standard InChI is InChI=1S/C15H18N2O2S/c1-4-13-9(2)7-14(20-13)15(18)17-12-8-10(19-3)5-6-11(12)16/h5-8H,4,16H2,1-3H3,(H,17,18). The number of benzene rings is 1. The largest absolute Gasteiger partial charge is 0.497 e. The number of ether oxygens (including phenoxy) is 1. The summed E-state index contributed by atoms with van der Waals surface area (Å²) >= 11 is 1.52. The number of aryl methyl sites for hydroxylation is 2. The van der Waals surface area contributed by atoms with Crippen LogP contribution >= 0.6 is 11.3 Å². The predicted molar refractivity (Wildman–Crippen MR) is 83.8 cm³/mol. The minimum absolute atomic E-state index is 0.141. The molecule has 0 radical (unpaired) electrons. The first kappa shape index (κ1) is 14.4. The highest BCUT2D eigenvalue weighted by atomic mass is 32.1. The van der Waals surface area contributed by atoms with E-state index in [1.807, 2.05) is 13.0 Å². The van der Waals surface area contributed by atoms with E-state index in [1.54, 1.807) is 25.3 Å². The van der Waals surface area contributed by atoms with Crippen LogP contribution in [0.4, 0.5) is 11.4 Å². The average Bonchev–Trinajstić information content (AvgIpc) is 2.82. The van der Waals surface area contributed by atoms with E-state index in [1.165, 1.54) is 16.2 Å². The summed E-state index contributed by atoms with van der Waals surface area (Å²) in [6, 6.07) is 7.10. The molecule has 5 heteroatoms. The van der Waals surface area contributed by atoms with Crippen molar-refractivity contribution in [2.24, 2.45) is 0 Å². The molecule has 0 fully saturated rings. The van der Waals surface area contributed by atoms with Crippen LogP contribution in [0.1, 0.15) is 27.0 Å². The van der Waals surface area contributed by atoms with Gasteiger partial charge in [0.2, 0.25) is 0 Å². The first-order valence-electron chi connectivity index (χ1n) is 6.39. The van der Waals surface area contributed by atoms with E-state index < -0.39 is 0 Å². The smallest absolute Gasteiger partial charge is 0.265 e. The molecule has 0 bridgehead atoms. The highest BCUT2D eigenvalue weighted by molar-refractivity contribution is 7.14. The summed E-state index contributed by atoms with van der Waals surface area (Å²) in [6.07, 6.45) is 0.936. The summed E-state index contributed by atoms with van der Waals surface area (Å²) in [5.41, 5.74) is 8.10. The molecule has 0 atom stereocenters. The Kier molecular flexibility index (Phi) is 4.29. The molecule has 2 rings (SSSR count). The van der Waals surface area contributed by atoms with E-state index in [2.05, 4.69) is 12.2 Å². The molecule has 1 aromatic heterocycles. The third kappa shape index (κ3) is 2.93. The Labute approximate surface area is 122 Å². The summed E-state index contributed by atoms with van der Waals surface area (Å²) in [5, 5.41) is 2.83. The van der Waals surface area contributed by atoms with Gasteiger partial charge in [-0.2, -0.15) is 0 Å². The zero-order valence-corrected chi connectivity index (χ0v) is 12.6. The third-order valence-electron chi connectivity index (χ3n) is 3.07. The van der Waals surface area contributed by atoms with Gasteiger partial charge >= 0.3 is 0 Å². The molecule has 0 saturated carbocycles. The van der Waals surface area contributed by atoms with Crippen molar-refractivity contribution >= 4 is 28.6 Å². The highest BCUT2D eigenvalue weighted by Gasteiger charge is 2.13. The Morgan fingerprint density at radius 3 is 2.75 bits per heavy atom. The van der Waals surface area contributed by atoms with Gasteiger partial charge in [-0.3, -0.25) is 4.79 Å². The number of anilines is 2. The van der Waals surface area contributed by atoms with Gasteiger partial charge in [0.25, 0.3) is 5.91 Å². The van der Waals surface area contributed by atoms with E-state index in [9.17, 15) is 4.79 Å². The average molecular weight is 290 g/mol. The van der Waals surface area contributed by atoms with Crippen LogP contribution in [0.25, 0.3) is 0 Å². The quantitative estimate of drug-likeness (QED) is 0.847. The molecule has 3 N–H and O–H groups in total. The maximum Gasteiger partial charge on any atom is 0.265 e. The topological polar surface area (TPSA) is 64.3 Å². The third-order valence-corrected chi connectivity index (χ3v) is 4.45. The molecule has 2 aromatic rings. The van der Waals surface area contributed by atoms with Gasteiger partial charge in [-0.25, -0.2) is 0 Å². The van der Waals surface area contributed by atoms with Crippen molar-refractivity contribution in [2.45, 2.75) is 20.3 Å². The molecule has 0 spiro atoms. The molecular formula is C15H18N2O2S. The van der Waals surface area contributed by atoms with Crippen LogP contribution in [0.15, 0.2) is 24.3 Å². The first-order chi connectivity index (χ1) is 9.55. The molecule has 0 saturated heterocycles. The lowest BCUT2D eigenvalue weighted by Crippen LogP contribution is -2.11. The number of carbonyl (C=O) groups is 1. The molecule has 0 aliphatic heterocycles.